The zero-order chi connectivity index (χ0) is 33.1. The summed E-state index contributed by atoms with van der Waals surface area (Å²) in [4.78, 5) is -0.151. The van der Waals surface area contributed by atoms with E-state index in [-0.39, 0.29) is 26.3 Å². The van der Waals surface area contributed by atoms with Crippen molar-refractivity contribution in [1.29, 1.82) is 0 Å². The predicted octanol–water partition coefficient (Wildman–Crippen LogP) is 9.63. The Hall–Kier alpha value is -2.59. The van der Waals surface area contributed by atoms with Crippen LogP contribution in [0.5, 0.6) is 0 Å². The monoisotopic (exact) mass is 671 g/mol. The quantitative estimate of drug-likeness (QED) is 0.191. The van der Waals surface area contributed by atoms with Gasteiger partial charge in [0, 0.05) is 0 Å². The van der Waals surface area contributed by atoms with Crippen LogP contribution < -0.4 is 3.71 Å². The molecule has 1 aromatic heterocycles. The molecule has 0 saturated heterocycles. The molecule has 4 aromatic rings. The topological polar surface area (TPSA) is 71.5 Å². The van der Waals surface area contributed by atoms with E-state index < -0.39 is 20.0 Å². The number of hydrogen-bond acceptors (Lipinski definition) is 6. The summed E-state index contributed by atoms with van der Waals surface area (Å²) in [5, 5.41) is 1.70. The van der Waals surface area contributed by atoms with Gasteiger partial charge in [-0.05, 0) is 74.9 Å². The third-order valence-electron chi connectivity index (χ3n) is 7.11. The number of thiophene rings is 1. The molecular weight excluding hydrogens is 627 g/mol. The van der Waals surface area contributed by atoms with Crippen molar-refractivity contribution in [2.24, 2.45) is 0 Å². The van der Waals surface area contributed by atoms with Gasteiger partial charge in [0.05, 0.1) is 19.7 Å². The number of rotatable bonds is 6. The van der Waals surface area contributed by atoms with Crippen molar-refractivity contribution >= 4 is 48.8 Å². The van der Waals surface area contributed by atoms with Gasteiger partial charge in [0.2, 0.25) is 0 Å². The third kappa shape index (κ3) is 8.36. The van der Waals surface area contributed by atoms with Crippen molar-refractivity contribution in [2.45, 2.75) is 92.6 Å². The van der Waals surface area contributed by atoms with E-state index in [1.54, 1.807) is 42.0 Å². The van der Waals surface area contributed by atoms with Gasteiger partial charge in [0.15, 0.2) is 0 Å². The first kappa shape index (κ1) is 35.9. The van der Waals surface area contributed by atoms with Crippen LogP contribution in [0.4, 0.5) is 5.69 Å². The van der Waals surface area contributed by atoms with Gasteiger partial charge in [-0.25, -0.2) is 16.8 Å². The molecule has 0 amide bonds. The van der Waals surface area contributed by atoms with E-state index in [4.69, 9.17) is 0 Å². The van der Waals surface area contributed by atoms with Gasteiger partial charge >= 0.3 is 0 Å². The molecule has 0 radical (unpaired) electrons. The molecule has 0 atom stereocenters. The van der Waals surface area contributed by atoms with Crippen molar-refractivity contribution in [1.82, 2.24) is 0 Å². The fourth-order valence-electron chi connectivity index (χ4n) is 4.35. The zero-order valence-corrected chi connectivity index (χ0v) is 30.6. The Balaban J connectivity index is 0.000000448. The molecule has 0 fully saturated rings. The molecule has 238 valence electrons. The molecule has 9 heteroatoms. The van der Waals surface area contributed by atoms with Gasteiger partial charge in [-0.1, -0.05) is 117 Å². The highest BCUT2D eigenvalue weighted by Gasteiger charge is 2.39. The van der Waals surface area contributed by atoms with Crippen LogP contribution in [0.25, 0.3) is 0 Å². The Kier molecular flexibility index (Phi) is 10.9. The number of hydrogen-bond donors (Lipinski definition) is 0. The van der Waals surface area contributed by atoms with E-state index in [1.165, 1.54) is 52.9 Å². The van der Waals surface area contributed by atoms with E-state index in [2.05, 4.69) is 51.1 Å². The number of thioether (sulfide) groups is 1. The molecule has 1 heterocycles. The fraction of sp³-hybridized carbons (Fsp3) is 0.371. The minimum atomic E-state index is -4.42. The van der Waals surface area contributed by atoms with Gasteiger partial charge in [-0.15, -0.1) is 23.1 Å². The lowest BCUT2D eigenvalue weighted by molar-refractivity contribution is 0.579. The summed E-state index contributed by atoms with van der Waals surface area (Å²) in [6, 6.07) is 24.9. The van der Waals surface area contributed by atoms with Gasteiger partial charge < -0.3 is 0 Å². The number of sulfonamides is 2. The Morgan fingerprint density at radius 1 is 0.545 bits per heavy atom. The summed E-state index contributed by atoms with van der Waals surface area (Å²) in [5.74, 6) is 0. The summed E-state index contributed by atoms with van der Waals surface area (Å²) in [5.41, 5.74) is 3.41. The van der Waals surface area contributed by atoms with Gasteiger partial charge in [0.1, 0.15) is 0 Å². The van der Waals surface area contributed by atoms with Crippen molar-refractivity contribution < 1.29 is 16.8 Å². The first-order valence-corrected chi connectivity index (χ1v) is 19.4. The van der Waals surface area contributed by atoms with Crippen molar-refractivity contribution in [2.75, 3.05) is 9.97 Å². The van der Waals surface area contributed by atoms with Crippen LogP contribution >= 0.6 is 23.1 Å². The third-order valence-corrected chi connectivity index (χ3v) is 13.3. The molecule has 0 aliphatic rings. The smallest absolute Gasteiger partial charge is 0.200 e. The normalized spacial score (nSPS) is 12.8. The van der Waals surface area contributed by atoms with Crippen LogP contribution in [0.2, 0.25) is 0 Å². The molecule has 0 unspecified atom stereocenters. The summed E-state index contributed by atoms with van der Waals surface area (Å²) < 4.78 is 56.6. The highest BCUT2D eigenvalue weighted by atomic mass is 32.3. The fourth-order valence-corrected chi connectivity index (χ4v) is 9.82. The molecule has 4 rings (SSSR count). The molecule has 44 heavy (non-hydrogen) atoms. The standard InChI is InChI=1S/C25H31NO4S4.C10H14/c1-24(2,3)18-8-12-20(13-9-18)33(27,28)26(22-16-17-32-23(22)31-7)34(29,30)21-14-10-19(11-15-21)25(4,5)6;1-10(2,3)9-7-5-4-6-8-9/h8-17H,1-7H3;4-8H,1-3H3. The van der Waals surface area contributed by atoms with Crippen LogP contribution in [0.3, 0.4) is 0 Å². The first-order chi connectivity index (χ1) is 20.2. The second-order valence-corrected chi connectivity index (χ2v) is 19.5. The Labute approximate surface area is 273 Å². The van der Waals surface area contributed by atoms with Crippen LogP contribution in [0.15, 0.2) is 104 Å². The molecule has 0 spiro atoms. The maximum atomic E-state index is 13.8. The number of nitrogens with zero attached hydrogens (tertiary/aromatic N) is 1. The molecule has 0 aliphatic carbocycles. The minimum absolute atomic E-state index is 0.0753. The lowest BCUT2D eigenvalue weighted by atomic mass is 9.87. The molecule has 0 bridgehead atoms. The van der Waals surface area contributed by atoms with E-state index in [0.29, 0.717) is 13.3 Å². The molecule has 0 saturated carbocycles. The highest BCUT2D eigenvalue weighted by Crippen LogP contribution is 2.40. The van der Waals surface area contributed by atoms with Crippen LogP contribution in [0, 0.1) is 0 Å². The molecule has 0 N–H and O–H groups in total. The minimum Gasteiger partial charge on any atom is -0.200 e. The zero-order valence-electron chi connectivity index (χ0n) is 27.4. The molecule has 0 aliphatic heterocycles. The van der Waals surface area contributed by atoms with Gasteiger partial charge in [-0.2, -0.15) is 3.71 Å². The largest absolute Gasteiger partial charge is 0.277 e. The first-order valence-electron chi connectivity index (χ1n) is 14.4. The maximum absolute atomic E-state index is 13.8. The molecule has 5 nitrogen and oxygen atoms in total. The second kappa shape index (κ2) is 13.4. The summed E-state index contributed by atoms with van der Waals surface area (Å²) >= 11 is 2.62. The van der Waals surface area contributed by atoms with Crippen LogP contribution in [-0.4, -0.2) is 23.1 Å². The van der Waals surface area contributed by atoms with Gasteiger partial charge in [0.25, 0.3) is 20.0 Å². The maximum Gasteiger partial charge on any atom is 0.277 e. The second-order valence-electron chi connectivity index (χ2n) is 13.7. The van der Waals surface area contributed by atoms with E-state index in [0.717, 1.165) is 11.1 Å². The lowest BCUT2D eigenvalue weighted by Crippen LogP contribution is -2.37. The van der Waals surface area contributed by atoms with E-state index in [1.807, 2.05) is 41.5 Å². The number of anilines is 1. The highest BCUT2D eigenvalue weighted by molar-refractivity contribution is 8.10. The van der Waals surface area contributed by atoms with Crippen molar-refractivity contribution in [3.8, 4) is 0 Å². The average Bonchev–Trinajstić information content (AvgIpc) is 3.40. The van der Waals surface area contributed by atoms with E-state index >= 15 is 0 Å². The SMILES string of the molecule is CC(C)(C)c1ccccc1.CSc1sccc1N(S(=O)(=O)c1ccc(C(C)(C)C)cc1)S(=O)(=O)c1ccc(C(C)(C)C)cc1. The Bertz CT molecular complexity index is 1650. The van der Waals surface area contributed by atoms with Crippen LogP contribution in [-0.2, 0) is 36.3 Å². The summed E-state index contributed by atoms with van der Waals surface area (Å²) in [6.45, 7) is 18.9. The Morgan fingerprint density at radius 3 is 1.23 bits per heavy atom. The van der Waals surface area contributed by atoms with Crippen LogP contribution in [0.1, 0.15) is 79.0 Å². The molecule has 3 aromatic carbocycles. The average molecular weight is 672 g/mol. The van der Waals surface area contributed by atoms with Crippen molar-refractivity contribution in [3.05, 3.63) is 107 Å². The summed E-state index contributed by atoms with van der Waals surface area (Å²) in [7, 11) is -8.85. The number of benzene rings is 3. The van der Waals surface area contributed by atoms with Gasteiger partial charge in [-0.3, -0.25) is 0 Å². The van der Waals surface area contributed by atoms with E-state index in [9.17, 15) is 16.8 Å². The predicted molar refractivity (Wildman–Crippen MR) is 188 cm³/mol. The lowest BCUT2D eigenvalue weighted by Gasteiger charge is -2.25. The Morgan fingerprint density at radius 2 is 0.909 bits per heavy atom. The summed E-state index contributed by atoms with van der Waals surface area (Å²) in [6.07, 6.45) is 1.79. The molecular formula is C35H45NO4S4. The van der Waals surface area contributed by atoms with Crippen molar-refractivity contribution in [3.63, 3.8) is 0 Å².